The molecule has 4 N–H and O–H groups in total. The summed E-state index contributed by atoms with van der Waals surface area (Å²) in [7, 11) is 0. The molecule has 0 spiro atoms. The summed E-state index contributed by atoms with van der Waals surface area (Å²) in [4.78, 5) is 26.8. The molecule has 3 aliphatic heterocycles. The molecule has 0 radical (unpaired) electrons. The molecule has 0 bridgehead atoms. The summed E-state index contributed by atoms with van der Waals surface area (Å²) in [5.41, 5.74) is 6.01. The lowest BCUT2D eigenvalue weighted by Gasteiger charge is -2.28. The molecule has 0 aliphatic carbocycles. The van der Waals surface area contributed by atoms with Crippen LogP contribution >= 0.6 is 38.1 Å². The molecule has 10 atom stereocenters. The van der Waals surface area contributed by atoms with Gasteiger partial charge in [0, 0.05) is 0 Å². The zero-order valence-electron chi connectivity index (χ0n) is 22.1. The number of hydrogen-bond acceptors (Lipinski definition) is 14. The van der Waals surface area contributed by atoms with E-state index in [1.54, 1.807) is 28.8 Å². The monoisotopic (exact) mass is 691 g/mol. The Morgan fingerprint density at radius 2 is 1.61 bits per heavy atom. The van der Waals surface area contributed by atoms with Crippen molar-refractivity contribution in [2.24, 2.45) is 0 Å². The van der Waals surface area contributed by atoms with Crippen LogP contribution in [-0.2, 0) is 36.7 Å². The lowest BCUT2D eigenvalue weighted by atomic mass is 10.1. The largest absolute Gasteiger partial charge is 0.386 e. The molecule has 3 aliphatic rings. The second-order valence-corrected chi connectivity index (χ2v) is 15.9. The van der Waals surface area contributed by atoms with Gasteiger partial charge < -0.3 is 24.9 Å². The Labute approximate surface area is 256 Å². The molecule has 3 fully saturated rings. The van der Waals surface area contributed by atoms with Crippen LogP contribution < -0.4 is 11.3 Å². The van der Waals surface area contributed by atoms with E-state index in [0.29, 0.717) is 11.0 Å². The highest BCUT2D eigenvalue weighted by Gasteiger charge is 2.53. The fraction of sp³-hybridized carbons (Fsp3) is 0.455. The van der Waals surface area contributed by atoms with Crippen molar-refractivity contribution in [3.8, 4) is 0 Å². The topological polar surface area (TPSA) is 217 Å². The van der Waals surface area contributed by atoms with E-state index in [2.05, 4.69) is 44.4 Å². The van der Waals surface area contributed by atoms with Gasteiger partial charge in [-0.05, 0) is 12.1 Å². The summed E-state index contributed by atoms with van der Waals surface area (Å²) in [6, 6.07) is 7.10. The Hall–Kier alpha value is -2.35. The molecule has 17 nitrogen and oxygen atoms in total. The van der Waals surface area contributed by atoms with E-state index in [9.17, 15) is 19.0 Å². The maximum atomic E-state index is 16.0. The quantitative estimate of drug-likeness (QED) is 0.150. The van der Waals surface area contributed by atoms with Gasteiger partial charge >= 0.3 is 13.6 Å². The molecule has 0 saturated carbocycles. The molecule has 44 heavy (non-hydrogen) atoms. The average molecular weight is 692 g/mol. The summed E-state index contributed by atoms with van der Waals surface area (Å²) < 4.78 is 79.3. The van der Waals surface area contributed by atoms with Crippen molar-refractivity contribution in [1.29, 1.82) is 0 Å². The number of nitrogen functional groups attached to an aromatic ring is 1. The predicted octanol–water partition coefficient (Wildman–Crippen LogP) is 2.14. The Bertz CT molecular complexity index is 1890. The van der Waals surface area contributed by atoms with E-state index in [0.717, 1.165) is 10.9 Å². The van der Waals surface area contributed by atoms with Gasteiger partial charge in [0.25, 0.3) is 5.56 Å². The number of aromatic amines is 1. The first-order chi connectivity index (χ1) is 20.9. The SMILES string of the molecule is Nc1nc2c(ncn2[C@@H]2O[C@@H]3COP(=O)(S)OC4C(O)[C@H](n5cnc6ccccc65)O[C@@H]4COP(=O)(S)OC3C2F)c(=O)[nH]1. The number of thiol groups is 2. The summed E-state index contributed by atoms with van der Waals surface area (Å²) in [5, 5.41) is 11.2. The number of aromatic nitrogens is 6. The standard InChI is InChI=1S/C22H24FN7O10P2S2/c23-13-16-11(37-20(13)30-8-26-14-18(30)27-22(24)28-19(14)32)5-35-42(34,44)40-17-12(6-36-41(33,43)39-16)38-21(15(17)31)29-7-25-9-3-1-2-4-10(9)29/h1-4,7-8,11-13,15-17,20-21,31H,5-6H2,(H,33,43)(H,34,44)(H3,24,27,28,32)/t11-,12-,13?,15?,16?,17?,20-,21-,41?,42?/m1/s1. The highest BCUT2D eigenvalue weighted by molar-refractivity contribution is 8.44. The molecule has 3 saturated heterocycles. The number of nitrogens with zero attached hydrogens (tertiary/aromatic N) is 5. The fourth-order valence-electron chi connectivity index (χ4n) is 5.41. The molecule has 0 amide bonds. The van der Waals surface area contributed by atoms with Crippen molar-refractivity contribution in [3.63, 3.8) is 0 Å². The zero-order valence-corrected chi connectivity index (χ0v) is 25.7. The van der Waals surface area contributed by atoms with Gasteiger partial charge in [-0.3, -0.25) is 32.4 Å². The van der Waals surface area contributed by atoms with Crippen molar-refractivity contribution in [2.75, 3.05) is 18.9 Å². The smallest absolute Gasteiger partial charge is 0.386 e. The first-order valence-electron chi connectivity index (χ1n) is 13.0. The average Bonchev–Trinajstić information content (AvgIpc) is 3.72. The van der Waals surface area contributed by atoms with Crippen LogP contribution in [0.15, 0.2) is 41.7 Å². The van der Waals surface area contributed by atoms with Crippen LogP contribution in [0.4, 0.5) is 10.3 Å². The molecule has 3 aromatic heterocycles. The third-order valence-corrected chi connectivity index (χ3v) is 10.6. The van der Waals surface area contributed by atoms with Gasteiger partial charge in [0.05, 0.1) is 36.9 Å². The van der Waals surface area contributed by atoms with Crippen LogP contribution in [0.3, 0.4) is 0 Å². The molecular formula is C22H24FN7O10P2S2. The summed E-state index contributed by atoms with van der Waals surface area (Å²) in [5.74, 6) is -0.247. The van der Waals surface area contributed by atoms with E-state index < -0.39 is 81.5 Å². The summed E-state index contributed by atoms with van der Waals surface area (Å²) in [6.07, 6.45) is -9.12. The van der Waals surface area contributed by atoms with Crippen molar-refractivity contribution in [1.82, 2.24) is 29.1 Å². The van der Waals surface area contributed by atoms with E-state index >= 15 is 4.39 Å². The van der Waals surface area contributed by atoms with Gasteiger partial charge in [-0.15, -0.1) is 0 Å². The highest BCUT2D eigenvalue weighted by atomic mass is 32.7. The van der Waals surface area contributed by atoms with E-state index in [1.807, 2.05) is 0 Å². The number of imidazole rings is 2. The molecule has 1 aromatic carbocycles. The lowest BCUT2D eigenvalue weighted by Crippen LogP contribution is -2.37. The number of halogens is 1. The molecule has 4 aromatic rings. The first-order valence-corrected chi connectivity index (χ1v) is 18.4. The van der Waals surface area contributed by atoms with Crippen molar-refractivity contribution in [3.05, 3.63) is 47.3 Å². The number of fused-ring (bicyclic) bond motifs is 4. The van der Waals surface area contributed by atoms with Gasteiger partial charge in [0.15, 0.2) is 29.8 Å². The molecule has 22 heteroatoms. The lowest BCUT2D eigenvalue weighted by molar-refractivity contribution is -0.0554. The zero-order chi connectivity index (χ0) is 31.0. The number of alkyl halides is 1. The number of benzene rings is 1. The van der Waals surface area contributed by atoms with Gasteiger partial charge in [-0.25, -0.2) is 23.5 Å². The van der Waals surface area contributed by atoms with Crippen LogP contribution in [0.1, 0.15) is 12.5 Å². The molecular weight excluding hydrogens is 667 g/mol. The maximum absolute atomic E-state index is 16.0. The van der Waals surface area contributed by atoms with Gasteiger partial charge in [0.2, 0.25) is 5.95 Å². The number of anilines is 1. The third kappa shape index (κ3) is 5.41. The number of ether oxygens (including phenoxy) is 2. The number of H-pyrrole nitrogens is 1. The van der Waals surface area contributed by atoms with Crippen molar-refractivity contribution < 1.29 is 46.2 Å². The van der Waals surface area contributed by atoms with Crippen LogP contribution in [0.2, 0.25) is 0 Å². The Morgan fingerprint density at radius 3 is 2.36 bits per heavy atom. The highest BCUT2D eigenvalue weighted by Crippen LogP contribution is 2.60. The molecule has 7 rings (SSSR count). The fourth-order valence-corrected chi connectivity index (χ4v) is 8.38. The number of hydrogen-bond donors (Lipinski definition) is 5. The van der Waals surface area contributed by atoms with E-state index in [1.165, 1.54) is 6.33 Å². The van der Waals surface area contributed by atoms with E-state index in [-0.39, 0.29) is 17.1 Å². The second-order valence-electron chi connectivity index (χ2n) is 10.1. The van der Waals surface area contributed by atoms with Crippen LogP contribution in [0, 0.1) is 0 Å². The van der Waals surface area contributed by atoms with Crippen LogP contribution in [-0.4, -0.2) is 84.1 Å². The minimum Gasteiger partial charge on any atom is -0.386 e. The number of aliphatic hydroxyl groups is 1. The number of para-hydroxylation sites is 2. The van der Waals surface area contributed by atoms with Gasteiger partial charge in [-0.1, -0.05) is 36.6 Å². The Morgan fingerprint density at radius 1 is 0.977 bits per heavy atom. The summed E-state index contributed by atoms with van der Waals surface area (Å²) >= 11 is 8.07. The number of nitrogens with two attached hydrogens (primary N) is 1. The van der Waals surface area contributed by atoms with Crippen LogP contribution in [0.25, 0.3) is 22.2 Å². The first kappa shape index (κ1) is 30.3. The third-order valence-electron chi connectivity index (χ3n) is 7.37. The van der Waals surface area contributed by atoms with Gasteiger partial charge in [0.1, 0.15) is 30.5 Å². The minimum atomic E-state index is -4.35. The molecule has 236 valence electrons. The number of rotatable bonds is 2. The summed E-state index contributed by atoms with van der Waals surface area (Å²) in [6.45, 7) is -9.83. The molecule has 6 unspecified atom stereocenters. The van der Waals surface area contributed by atoms with Crippen molar-refractivity contribution >= 4 is 66.2 Å². The van der Waals surface area contributed by atoms with E-state index in [4.69, 9.17) is 33.3 Å². The number of nitrogens with one attached hydrogen (secondary N) is 1. The second kappa shape index (κ2) is 11.2. The Balaban J connectivity index is 1.17. The Kier molecular flexibility index (Phi) is 7.69. The van der Waals surface area contributed by atoms with Crippen LogP contribution in [0.5, 0.6) is 0 Å². The predicted molar refractivity (Wildman–Crippen MR) is 156 cm³/mol. The number of aliphatic hydroxyl groups excluding tert-OH is 1. The van der Waals surface area contributed by atoms with Crippen molar-refractivity contribution in [2.45, 2.75) is 49.1 Å². The normalized spacial score (nSPS) is 38.3. The maximum Gasteiger partial charge on any atom is 0.386 e. The van der Waals surface area contributed by atoms with Gasteiger partial charge in [-0.2, -0.15) is 4.98 Å². The minimum absolute atomic E-state index is 0.0928. The molecule has 6 heterocycles.